The van der Waals surface area contributed by atoms with Gasteiger partial charge in [-0.25, -0.2) is 4.68 Å². The standard InChI is InChI=1S/C29H28N4O2/c34-28-16-15-27(26-14-6-12-24-11-4-5-13-25(24)26)30-33(28)22-29(35)32-20-18-31(19-21-32)17-7-10-23-8-2-1-3-9-23/h1-16H,17-22H2/b10-7+. The van der Waals surface area contributed by atoms with Gasteiger partial charge in [0.25, 0.3) is 5.56 Å². The maximum absolute atomic E-state index is 13.0. The monoisotopic (exact) mass is 464 g/mol. The van der Waals surface area contributed by atoms with Crippen LogP contribution in [0.4, 0.5) is 0 Å². The Labute approximate surface area is 204 Å². The molecule has 0 radical (unpaired) electrons. The maximum atomic E-state index is 13.0. The predicted molar refractivity (Wildman–Crippen MR) is 140 cm³/mol. The Hall–Kier alpha value is -4.03. The van der Waals surface area contributed by atoms with Crippen LogP contribution in [0.3, 0.4) is 0 Å². The molecular weight excluding hydrogens is 436 g/mol. The topological polar surface area (TPSA) is 58.4 Å². The zero-order chi connectivity index (χ0) is 24.0. The van der Waals surface area contributed by atoms with Gasteiger partial charge in [0.2, 0.25) is 5.91 Å². The second kappa shape index (κ2) is 10.5. The van der Waals surface area contributed by atoms with E-state index in [0.29, 0.717) is 18.8 Å². The second-order valence-corrected chi connectivity index (χ2v) is 8.74. The molecule has 1 saturated heterocycles. The lowest BCUT2D eigenvalue weighted by atomic mass is 10.0. The molecule has 0 N–H and O–H groups in total. The van der Waals surface area contributed by atoms with Gasteiger partial charge >= 0.3 is 0 Å². The molecule has 1 fully saturated rings. The van der Waals surface area contributed by atoms with Gasteiger partial charge in [-0.05, 0) is 22.4 Å². The number of benzene rings is 3. The van der Waals surface area contributed by atoms with Crippen molar-refractivity contribution in [1.29, 1.82) is 0 Å². The van der Waals surface area contributed by atoms with Crippen molar-refractivity contribution in [2.45, 2.75) is 6.54 Å². The first-order valence-corrected chi connectivity index (χ1v) is 12.0. The molecule has 1 aliphatic rings. The number of amides is 1. The molecule has 0 saturated carbocycles. The second-order valence-electron chi connectivity index (χ2n) is 8.74. The number of nitrogens with zero attached hydrogens (tertiary/aromatic N) is 4. The number of hydrogen-bond acceptors (Lipinski definition) is 4. The third kappa shape index (κ3) is 5.39. The van der Waals surface area contributed by atoms with Crippen LogP contribution < -0.4 is 5.56 Å². The van der Waals surface area contributed by atoms with Crippen molar-refractivity contribution in [2.24, 2.45) is 0 Å². The molecule has 2 heterocycles. The van der Waals surface area contributed by atoms with Gasteiger partial charge in [0.15, 0.2) is 0 Å². The van der Waals surface area contributed by atoms with Crippen LogP contribution in [0, 0.1) is 0 Å². The highest BCUT2D eigenvalue weighted by atomic mass is 16.2. The van der Waals surface area contributed by atoms with E-state index >= 15 is 0 Å². The van der Waals surface area contributed by atoms with Crippen molar-refractivity contribution in [3.05, 3.63) is 107 Å². The minimum atomic E-state index is -0.271. The summed E-state index contributed by atoms with van der Waals surface area (Å²) >= 11 is 0. The van der Waals surface area contributed by atoms with E-state index in [1.165, 1.54) is 16.3 Å². The molecule has 5 rings (SSSR count). The van der Waals surface area contributed by atoms with Crippen molar-refractivity contribution in [3.8, 4) is 11.3 Å². The summed E-state index contributed by atoms with van der Waals surface area (Å²) in [7, 11) is 0. The third-order valence-electron chi connectivity index (χ3n) is 6.42. The number of carbonyl (C=O) groups is 1. The Bertz CT molecular complexity index is 1400. The zero-order valence-electron chi connectivity index (χ0n) is 19.6. The first-order chi connectivity index (χ1) is 17.2. The van der Waals surface area contributed by atoms with E-state index in [9.17, 15) is 9.59 Å². The normalized spacial score (nSPS) is 14.6. The molecule has 0 aliphatic carbocycles. The van der Waals surface area contributed by atoms with Gasteiger partial charge in [0, 0.05) is 44.4 Å². The summed E-state index contributed by atoms with van der Waals surface area (Å²) in [4.78, 5) is 29.6. The number of fused-ring (bicyclic) bond motifs is 1. The predicted octanol–water partition coefficient (Wildman–Crippen LogP) is 3.92. The van der Waals surface area contributed by atoms with E-state index in [2.05, 4.69) is 46.4 Å². The van der Waals surface area contributed by atoms with Crippen LogP contribution in [0.2, 0.25) is 0 Å². The number of aromatic nitrogens is 2. The number of hydrogen-bond donors (Lipinski definition) is 0. The summed E-state index contributed by atoms with van der Waals surface area (Å²) in [6, 6.07) is 27.6. The summed E-state index contributed by atoms with van der Waals surface area (Å²) in [6.45, 7) is 3.72. The zero-order valence-corrected chi connectivity index (χ0v) is 19.6. The summed E-state index contributed by atoms with van der Waals surface area (Å²) in [5, 5.41) is 6.72. The van der Waals surface area contributed by atoms with Gasteiger partial charge in [-0.1, -0.05) is 84.9 Å². The Kier molecular flexibility index (Phi) is 6.82. The van der Waals surface area contributed by atoms with Crippen LogP contribution in [0.25, 0.3) is 28.1 Å². The SMILES string of the molecule is O=C(Cn1nc(-c2cccc3ccccc23)ccc1=O)N1CCN(C/C=C/c2ccccc2)CC1. The van der Waals surface area contributed by atoms with E-state index in [1.54, 1.807) is 6.07 Å². The fourth-order valence-corrected chi connectivity index (χ4v) is 4.46. The molecule has 3 aromatic carbocycles. The van der Waals surface area contributed by atoms with Crippen molar-refractivity contribution in [1.82, 2.24) is 19.6 Å². The van der Waals surface area contributed by atoms with E-state index in [0.717, 1.165) is 36.0 Å². The van der Waals surface area contributed by atoms with Crippen LogP contribution in [0.1, 0.15) is 5.56 Å². The lowest BCUT2D eigenvalue weighted by Gasteiger charge is -2.34. The summed E-state index contributed by atoms with van der Waals surface area (Å²) in [6.07, 6.45) is 4.29. The summed E-state index contributed by atoms with van der Waals surface area (Å²) in [5.74, 6) is -0.0749. The van der Waals surface area contributed by atoms with Gasteiger partial charge in [-0.2, -0.15) is 5.10 Å². The smallest absolute Gasteiger partial charge is 0.267 e. The van der Waals surface area contributed by atoms with Gasteiger partial charge in [0.05, 0.1) is 5.69 Å². The molecule has 0 unspecified atom stereocenters. The first kappa shape index (κ1) is 22.7. The molecule has 6 nitrogen and oxygen atoms in total. The molecular formula is C29H28N4O2. The van der Waals surface area contributed by atoms with Crippen LogP contribution in [0.15, 0.2) is 95.8 Å². The van der Waals surface area contributed by atoms with Crippen molar-refractivity contribution in [2.75, 3.05) is 32.7 Å². The highest BCUT2D eigenvalue weighted by molar-refractivity contribution is 5.95. The first-order valence-electron chi connectivity index (χ1n) is 12.0. The Morgan fingerprint density at radius 3 is 2.40 bits per heavy atom. The summed E-state index contributed by atoms with van der Waals surface area (Å²) in [5.41, 5.74) is 2.54. The molecule has 35 heavy (non-hydrogen) atoms. The number of piperazine rings is 1. The molecule has 0 bridgehead atoms. The maximum Gasteiger partial charge on any atom is 0.267 e. The van der Waals surface area contributed by atoms with E-state index in [4.69, 9.17) is 0 Å². The van der Waals surface area contributed by atoms with Crippen LogP contribution in [0.5, 0.6) is 0 Å². The molecule has 0 spiro atoms. The highest BCUT2D eigenvalue weighted by Crippen LogP contribution is 2.26. The number of carbonyl (C=O) groups excluding carboxylic acids is 1. The van der Waals surface area contributed by atoms with E-state index < -0.39 is 0 Å². The minimum Gasteiger partial charge on any atom is -0.339 e. The largest absolute Gasteiger partial charge is 0.339 e. The Morgan fingerprint density at radius 1 is 0.829 bits per heavy atom. The Morgan fingerprint density at radius 2 is 1.57 bits per heavy atom. The van der Waals surface area contributed by atoms with Crippen LogP contribution >= 0.6 is 0 Å². The lowest BCUT2D eigenvalue weighted by Crippen LogP contribution is -2.50. The summed E-state index contributed by atoms with van der Waals surface area (Å²) < 4.78 is 1.29. The molecule has 0 atom stereocenters. The molecule has 176 valence electrons. The molecule has 1 amide bonds. The van der Waals surface area contributed by atoms with Gasteiger partial charge in [-0.15, -0.1) is 0 Å². The molecule has 1 aliphatic heterocycles. The minimum absolute atomic E-state index is 0.0502. The Balaban J connectivity index is 1.22. The molecule has 6 heteroatoms. The third-order valence-corrected chi connectivity index (χ3v) is 6.42. The fraction of sp³-hybridized carbons (Fsp3) is 0.207. The average molecular weight is 465 g/mol. The lowest BCUT2D eigenvalue weighted by molar-refractivity contribution is -0.133. The molecule has 1 aromatic heterocycles. The van der Waals surface area contributed by atoms with Crippen molar-refractivity contribution in [3.63, 3.8) is 0 Å². The molecule has 4 aromatic rings. The van der Waals surface area contributed by atoms with E-state index in [1.807, 2.05) is 53.4 Å². The number of rotatable bonds is 6. The van der Waals surface area contributed by atoms with E-state index in [-0.39, 0.29) is 18.0 Å². The van der Waals surface area contributed by atoms with Crippen molar-refractivity contribution < 1.29 is 4.79 Å². The fourth-order valence-electron chi connectivity index (χ4n) is 4.46. The van der Waals surface area contributed by atoms with Gasteiger partial charge in [0.1, 0.15) is 6.54 Å². The van der Waals surface area contributed by atoms with Gasteiger partial charge in [-0.3, -0.25) is 14.5 Å². The quantitative estimate of drug-likeness (QED) is 0.434. The van der Waals surface area contributed by atoms with Gasteiger partial charge < -0.3 is 4.90 Å². The van der Waals surface area contributed by atoms with Crippen LogP contribution in [-0.4, -0.2) is 58.2 Å². The van der Waals surface area contributed by atoms with Crippen LogP contribution in [-0.2, 0) is 11.3 Å². The van der Waals surface area contributed by atoms with Crippen molar-refractivity contribution >= 4 is 22.8 Å². The average Bonchev–Trinajstić information content (AvgIpc) is 2.90. The highest BCUT2D eigenvalue weighted by Gasteiger charge is 2.21.